The highest BCUT2D eigenvalue weighted by atomic mass is 15.2. The van der Waals surface area contributed by atoms with Crippen molar-refractivity contribution in [1.82, 2.24) is 4.90 Å². The van der Waals surface area contributed by atoms with Crippen LogP contribution in [0.1, 0.15) is 52.9 Å². The number of nitrogens with zero attached hydrogens (tertiary/aromatic N) is 1. The van der Waals surface area contributed by atoms with Crippen molar-refractivity contribution in [3.05, 3.63) is 0 Å². The van der Waals surface area contributed by atoms with Crippen LogP contribution in [0, 0.1) is 0 Å². The number of likely N-dealkylation sites (tertiary alicyclic amines) is 1. The number of rotatable bonds is 4. The van der Waals surface area contributed by atoms with E-state index in [1.54, 1.807) is 0 Å². The van der Waals surface area contributed by atoms with Gasteiger partial charge in [0.05, 0.1) is 0 Å². The van der Waals surface area contributed by atoms with E-state index in [9.17, 15) is 0 Å². The fourth-order valence-corrected chi connectivity index (χ4v) is 2.25. The average molecular weight is 198 g/mol. The normalized spacial score (nSPS) is 25.3. The van der Waals surface area contributed by atoms with Crippen LogP contribution in [0.15, 0.2) is 0 Å². The first-order valence-corrected chi connectivity index (χ1v) is 6.06. The highest BCUT2D eigenvalue weighted by Gasteiger charge is 2.22. The Morgan fingerprint density at radius 3 is 2.64 bits per heavy atom. The maximum atomic E-state index is 6.01. The van der Waals surface area contributed by atoms with Gasteiger partial charge in [-0.1, -0.05) is 13.3 Å². The summed E-state index contributed by atoms with van der Waals surface area (Å²) in [5, 5.41) is 0. The maximum Gasteiger partial charge on any atom is 0.0109 e. The van der Waals surface area contributed by atoms with Gasteiger partial charge in [-0.3, -0.25) is 0 Å². The molecule has 1 unspecified atom stereocenters. The third-order valence-electron chi connectivity index (χ3n) is 3.26. The molecule has 0 aromatic rings. The van der Waals surface area contributed by atoms with Gasteiger partial charge in [0.25, 0.3) is 0 Å². The zero-order valence-electron chi connectivity index (χ0n) is 10.1. The van der Waals surface area contributed by atoms with Crippen molar-refractivity contribution in [2.24, 2.45) is 5.73 Å². The molecule has 84 valence electrons. The molecule has 2 N–H and O–H groups in total. The average Bonchev–Trinajstić information content (AvgIpc) is 2.14. The maximum absolute atomic E-state index is 6.01. The van der Waals surface area contributed by atoms with Crippen LogP contribution in [0.5, 0.6) is 0 Å². The number of nitrogens with two attached hydrogens (primary N) is 1. The minimum absolute atomic E-state index is 0.00423. The third kappa shape index (κ3) is 3.97. The first-order chi connectivity index (χ1) is 6.53. The van der Waals surface area contributed by atoms with Gasteiger partial charge in [-0.25, -0.2) is 0 Å². The molecule has 2 nitrogen and oxygen atoms in total. The summed E-state index contributed by atoms with van der Waals surface area (Å²) in [6.45, 7) is 9.02. The molecular formula is C12H26N2. The van der Waals surface area contributed by atoms with Gasteiger partial charge in [-0.15, -0.1) is 0 Å². The predicted octanol–water partition coefficient (Wildman–Crippen LogP) is 2.38. The van der Waals surface area contributed by atoms with E-state index < -0.39 is 0 Å². The molecule has 14 heavy (non-hydrogen) atoms. The summed E-state index contributed by atoms with van der Waals surface area (Å²) in [6, 6.07) is 0.825. The molecule has 1 fully saturated rings. The number of hydrogen-bond acceptors (Lipinski definition) is 2. The standard InChI is InChI=1S/C12H26N2/c1-4-11-7-5-6-9-14(11)10-8-12(2,3)13/h11H,4-10,13H2,1-3H3. The Hall–Kier alpha value is -0.0800. The van der Waals surface area contributed by atoms with Crippen molar-refractivity contribution < 1.29 is 0 Å². The monoisotopic (exact) mass is 198 g/mol. The highest BCUT2D eigenvalue weighted by molar-refractivity contribution is 4.79. The Bertz CT molecular complexity index is 160. The van der Waals surface area contributed by atoms with Crippen LogP contribution in [-0.4, -0.2) is 29.6 Å². The molecule has 0 bridgehead atoms. The minimum Gasteiger partial charge on any atom is -0.326 e. The van der Waals surface area contributed by atoms with E-state index in [2.05, 4.69) is 25.7 Å². The molecule has 1 aliphatic rings. The smallest absolute Gasteiger partial charge is 0.0109 e. The summed E-state index contributed by atoms with van der Waals surface area (Å²) in [5.74, 6) is 0. The van der Waals surface area contributed by atoms with Gasteiger partial charge in [0.15, 0.2) is 0 Å². The molecular weight excluding hydrogens is 172 g/mol. The van der Waals surface area contributed by atoms with Gasteiger partial charge in [0.2, 0.25) is 0 Å². The van der Waals surface area contributed by atoms with E-state index in [0.717, 1.165) is 12.5 Å². The molecule has 0 aromatic heterocycles. The number of hydrogen-bond donors (Lipinski definition) is 1. The van der Waals surface area contributed by atoms with Gasteiger partial charge in [-0.2, -0.15) is 0 Å². The lowest BCUT2D eigenvalue weighted by Gasteiger charge is -2.36. The lowest BCUT2D eigenvalue weighted by atomic mass is 9.97. The molecule has 0 saturated carbocycles. The van der Waals surface area contributed by atoms with Crippen molar-refractivity contribution in [2.75, 3.05) is 13.1 Å². The van der Waals surface area contributed by atoms with Crippen molar-refractivity contribution in [3.63, 3.8) is 0 Å². The SMILES string of the molecule is CCC1CCCCN1CCC(C)(C)N. The van der Waals surface area contributed by atoms with Crippen LogP contribution in [0.3, 0.4) is 0 Å². The van der Waals surface area contributed by atoms with Crippen LogP contribution in [0.2, 0.25) is 0 Å². The molecule has 0 aromatic carbocycles. The molecule has 1 rings (SSSR count). The zero-order valence-corrected chi connectivity index (χ0v) is 10.1. The fourth-order valence-electron chi connectivity index (χ4n) is 2.25. The molecule has 1 atom stereocenters. The van der Waals surface area contributed by atoms with Crippen molar-refractivity contribution in [2.45, 2.75) is 64.5 Å². The second kappa shape index (κ2) is 5.13. The molecule has 1 saturated heterocycles. The minimum atomic E-state index is -0.00423. The van der Waals surface area contributed by atoms with E-state index >= 15 is 0 Å². The first-order valence-electron chi connectivity index (χ1n) is 6.06. The lowest BCUT2D eigenvalue weighted by molar-refractivity contribution is 0.134. The van der Waals surface area contributed by atoms with Gasteiger partial charge in [0.1, 0.15) is 0 Å². The summed E-state index contributed by atoms with van der Waals surface area (Å²) < 4.78 is 0. The van der Waals surface area contributed by atoms with Crippen LogP contribution < -0.4 is 5.73 Å². The van der Waals surface area contributed by atoms with Gasteiger partial charge < -0.3 is 10.6 Å². The van der Waals surface area contributed by atoms with Gasteiger partial charge in [0, 0.05) is 18.1 Å². The molecule has 0 radical (unpaired) electrons. The quantitative estimate of drug-likeness (QED) is 0.751. The van der Waals surface area contributed by atoms with E-state index in [1.807, 2.05) is 0 Å². The third-order valence-corrected chi connectivity index (χ3v) is 3.26. The molecule has 1 heterocycles. The van der Waals surface area contributed by atoms with Crippen LogP contribution >= 0.6 is 0 Å². The van der Waals surface area contributed by atoms with Crippen LogP contribution in [0.25, 0.3) is 0 Å². The topological polar surface area (TPSA) is 29.3 Å². The Kier molecular flexibility index (Phi) is 4.39. The van der Waals surface area contributed by atoms with E-state index in [0.29, 0.717) is 0 Å². The Balaban J connectivity index is 2.33. The lowest BCUT2D eigenvalue weighted by Crippen LogP contribution is -2.43. The van der Waals surface area contributed by atoms with Crippen molar-refractivity contribution >= 4 is 0 Å². The molecule has 0 amide bonds. The Labute approximate surface area is 88.8 Å². The second-order valence-corrected chi connectivity index (χ2v) is 5.33. The summed E-state index contributed by atoms with van der Waals surface area (Å²) in [5.41, 5.74) is 6.01. The second-order valence-electron chi connectivity index (χ2n) is 5.33. The molecule has 0 aliphatic carbocycles. The van der Waals surface area contributed by atoms with Gasteiger partial charge in [-0.05, 0) is 46.1 Å². The molecule has 0 spiro atoms. The highest BCUT2D eigenvalue weighted by Crippen LogP contribution is 2.20. The Morgan fingerprint density at radius 2 is 2.07 bits per heavy atom. The van der Waals surface area contributed by atoms with Crippen LogP contribution in [0.4, 0.5) is 0 Å². The predicted molar refractivity (Wildman–Crippen MR) is 62.4 cm³/mol. The molecule has 1 aliphatic heterocycles. The van der Waals surface area contributed by atoms with E-state index in [-0.39, 0.29) is 5.54 Å². The summed E-state index contributed by atoms with van der Waals surface area (Å²) in [6.07, 6.45) is 6.60. The zero-order chi connectivity index (χ0) is 10.6. The number of piperidine rings is 1. The summed E-state index contributed by atoms with van der Waals surface area (Å²) >= 11 is 0. The van der Waals surface area contributed by atoms with Crippen LogP contribution in [-0.2, 0) is 0 Å². The van der Waals surface area contributed by atoms with E-state index in [4.69, 9.17) is 5.73 Å². The summed E-state index contributed by atoms with van der Waals surface area (Å²) in [4.78, 5) is 2.64. The van der Waals surface area contributed by atoms with Gasteiger partial charge >= 0.3 is 0 Å². The largest absolute Gasteiger partial charge is 0.326 e. The molecule has 2 heteroatoms. The van der Waals surface area contributed by atoms with E-state index in [1.165, 1.54) is 38.8 Å². The van der Waals surface area contributed by atoms with Crippen molar-refractivity contribution in [1.29, 1.82) is 0 Å². The van der Waals surface area contributed by atoms with Crippen molar-refractivity contribution in [3.8, 4) is 0 Å². The first kappa shape index (κ1) is 12.0. The Morgan fingerprint density at radius 1 is 1.36 bits per heavy atom. The fraction of sp³-hybridized carbons (Fsp3) is 1.00. The summed E-state index contributed by atoms with van der Waals surface area (Å²) in [7, 11) is 0.